The number of hydrogen-bond donors (Lipinski definition) is 3. The van der Waals surface area contributed by atoms with Crippen LogP contribution < -0.4 is 20.1 Å². The molecule has 10 nitrogen and oxygen atoms in total. The predicted octanol–water partition coefficient (Wildman–Crippen LogP) is 8.13. The highest BCUT2D eigenvalue weighted by Crippen LogP contribution is 2.41. The highest BCUT2D eigenvalue weighted by Gasteiger charge is 2.38. The van der Waals surface area contributed by atoms with Gasteiger partial charge in [-0.15, -0.1) is 0 Å². The third kappa shape index (κ3) is 8.76. The first-order valence-corrected chi connectivity index (χ1v) is 19.5. The fraction of sp³-hybridized carbons (Fsp3) is 0.244. The number of ether oxygens (including phenoxy) is 2. The van der Waals surface area contributed by atoms with Crippen molar-refractivity contribution in [1.29, 1.82) is 5.26 Å². The summed E-state index contributed by atoms with van der Waals surface area (Å²) in [7, 11) is 0. The first kappa shape index (κ1) is 38.0. The molecule has 0 saturated heterocycles. The number of halogens is 2. The molecule has 2 aliphatic heterocycles. The molecule has 5 aromatic carbocycles. The lowest BCUT2D eigenvalue weighted by atomic mass is 9.91. The van der Waals surface area contributed by atoms with Gasteiger partial charge in [0.05, 0.1) is 33.4 Å². The van der Waals surface area contributed by atoms with Crippen LogP contribution in [0.1, 0.15) is 52.3 Å². The molecule has 8 rings (SSSR count). The minimum Gasteiger partial charge on any atom is -0.489 e. The molecule has 3 N–H and O–H groups in total. The molecule has 288 valence electrons. The van der Waals surface area contributed by atoms with Crippen molar-refractivity contribution < 1.29 is 29.0 Å². The molecule has 0 radical (unpaired) electrons. The van der Waals surface area contributed by atoms with Crippen molar-refractivity contribution in [3.63, 3.8) is 0 Å². The van der Waals surface area contributed by atoms with E-state index in [1.54, 1.807) is 48.5 Å². The van der Waals surface area contributed by atoms with Crippen LogP contribution in [0.4, 0.5) is 5.69 Å². The van der Waals surface area contributed by atoms with Gasteiger partial charge in [0.1, 0.15) is 24.1 Å². The maximum Gasteiger partial charge on any atom is 0.326 e. The third-order valence-electron chi connectivity index (χ3n) is 10.7. The van der Waals surface area contributed by atoms with Crippen LogP contribution in [0, 0.1) is 17.2 Å². The number of anilines is 1. The molecular formula is C45H38Cl2N4O6. The minimum atomic E-state index is -1.13. The maximum atomic E-state index is 14.0. The van der Waals surface area contributed by atoms with Crippen molar-refractivity contribution in [1.82, 2.24) is 10.2 Å². The van der Waals surface area contributed by atoms with Crippen LogP contribution in [0.2, 0.25) is 10.0 Å². The summed E-state index contributed by atoms with van der Waals surface area (Å²) in [5.41, 5.74) is 7.19. The average molecular weight is 802 g/mol. The second-order valence-electron chi connectivity index (χ2n) is 14.8. The molecule has 0 aromatic heterocycles. The largest absolute Gasteiger partial charge is 0.489 e. The molecule has 1 saturated carbocycles. The summed E-state index contributed by atoms with van der Waals surface area (Å²) in [6.45, 7) is 1.51. The number of nitriles is 1. The second-order valence-corrected chi connectivity index (χ2v) is 15.6. The fourth-order valence-corrected chi connectivity index (χ4v) is 7.68. The number of nitrogens with zero attached hydrogens (tertiary/aromatic N) is 2. The van der Waals surface area contributed by atoms with Crippen LogP contribution in [-0.2, 0) is 40.4 Å². The number of benzene rings is 5. The molecule has 1 aliphatic carbocycles. The SMILES string of the molecule is N#Cc1ccc(-c2ccc(CC(NC(=O)[C@@H]3Cc4cc5c(cc4CN3CC3CC3)O[C@@H](c3ccc(OCc4ccc(Cl)c(Cl)c4)cc3)C(=O)N5)C(=O)O)cc2)cc1. The maximum absolute atomic E-state index is 14.0. The van der Waals surface area contributed by atoms with Crippen molar-refractivity contribution in [3.8, 4) is 28.7 Å². The molecule has 1 fully saturated rings. The summed E-state index contributed by atoms with van der Waals surface area (Å²) in [4.78, 5) is 41.9. The molecule has 2 amide bonds. The number of aliphatic carboxylic acids is 1. The van der Waals surface area contributed by atoms with E-state index in [1.807, 2.05) is 54.6 Å². The van der Waals surface area contributed by atoms with E-state index >= 15 is 0 Å². The molecule has 3 atom stereocenters. The molecule has 1 unspecified atom stereocenters. The number of carbonyl (C=O) groups is 3. The van der Waals surface area contributed by atoms with Crippen LogP contribution in [-0.4, -0.2) is 46.4 Å². The van der Waals surface area contributed by atoms with Gasteiger partial charge in [-0.3, -0.25) is 14.5 Å². The lowest BCUT2D eigenvalue weighted by Gasteiger charge is -2.37. The number of carbonyl (C=O) groups excluding carboxylic acids is 2. The minimum absolute atomic E-state index is 0.118. The summed E-state index contributed by atoms with van der Waals surface area (Å²) in [6, 6.07) is 31.5. The quantitative estimate of drug-likeness (QED) is 0.115. The van der Waals surface area contributed by atoms with Crippen LogP contribution in [0.5, 0.6) is 11.5 Å². The Balaban J connectivity index is 0.937. The molecular weight excluding hydrogens is 763 g/mol. The van der Waals surface area contributed by atoms with Gasteiger partial charge in [0, 0.05) is 25.1 Å². The van der Waals surface area contributed by atoms with Gasteiger partial charge in [0.2, 0.25) is 12.0 Å². The number of nitrogens with one attached hydrogen (secondary N) is 2. The van der Waals surface area contributed by atoms with E-state index in [9.17, 15) is 19.5 Å². The highest BCUT2D eigenvalue weighted by molar-refractivity contribution is 6.42. The summed E-state index contributed by atoms with van der Waals surface area (Å²) in [6.07, 6.45) is 1.79. The molecule has 0 bridgehead atoms. The first-order valence-electron chi connectivity index (χ1n) is 18.8. The number of rotatable bonds is 12. The molecule has 2 heterocycles. The summed E-state index contributed by atoms with van der Waals surface area (Å²) in [5.74, 6) is -0.122. The lowest BCUT2D eigenvalue weighted by molar-refractivity contribution is -0.142. The van der Waals surface area contributed by atoms with Crippen molar-refractivity contribution in [2.24, 2.45) is 5.92 Å². The standard InChI is InChI=1S/C45H38Cl2N4O6/c46-36-16-7-29(17-37(36)47)25-56-35-14-12-32(13-15-35)42-44(53)49-38-19-33-20-40(51(23-28-1-2-28)24-34(33)21-41(38)57-42)43(52)50-39(45(54)55)18-26-3-8-30(9-4-26)31-10-5-27(22-48)6-11-31/h3-17,19,21,28,39-40,42H,1-2,18,20,23-25H2,(H,49,53)(H,50,52)(H,54,55)/t39?,40-,42-/m0/s1. The zero-order valence-corrected chi connectivity index (χ0v) is 32.2. The van der Waals surface area contributed by atoms with Crippen molar-refractivity contribution in [2.45, 2.75) is 57.0 Å². The van der Waals surface area contributed by atoms with E-state index in [2.05, 4.69) is 21.6 Å². The second kappa shape index (κ2) is 16.3. The van der Waals surface area contributed by atoms with E-state index in [4.69, 9.17) is 37.9 Å². The van der Waals surface area contributed by atoms with Gasteiger partial charge in [-0.25, -0.2) is 4.79 Å². The Bertz CT molecular complexity index is 2380. The van der Waals surface area contributed by atoms with Crippen molar-refractivity contribution >= 4 is 46.7 Å². The van der Waals surface area contributed by atoms with Crippen LogP contribution in [0.3, 0.4) is 0 Å². The van der Waals surface area contributed by atoms with Crippen LogP contribution in [0.25, 0.3) is 11.1 Å². The van der Waals surface area contributed by atoms with Crippen molar-refractivity contribution in [3.05, 3.63) is 147 Å². The third-order valence-corrected chi connectivity index (χ3v) is 11.4. The van der Waals surface area contributed by atoms with Gasteiger partial charge >= 0.3 is 5.97 Å². The normalized spacial score (nSPS) is 17.9. The Morgan fingerprint density at radius 2 is 1.61 bits per heavy atom. The van der Waals surface area contributed by atoms with Gasteiger partial charge in [0.15, 0.2) is 0 Å². The predicted molar refractivity (Wildman–Crippen MR) is 216 cm³/mol. The van der Waals surface area contributed by atoms with E-state index in [-0.39, 0.29) is 18.2 Å². The van der Waals surface area contributed by atoms with Gasteiger partial charge in [0.25, 0.3) is 5.91 Å². The molecule has 5 aromatic rings. The Hall–Kier alpha value is -5.86. The Labute approximate surface area is 339 Å². The van der Waals surface area contributed by atoms with Gasteiger partial charge in [-0.2, -0.15) is 5.26 Å². The number of carboxylic acid groups (broad SMARTS) is 1. The number of hydrogen-bond acceptors (Lipinski definition) is 7. The summed E-state index contributed by atoms with van der Waals surface area (Å²) in [5, 5.41) is 26.0. The number of fused-ring (bicyclic) bond motifs is 2. The highest BCUT2D eigenvalue weighted by atomic mass is 35.5. The molecule has 57 heavy (non-hydrogen) atoms. The van der Waals surface area contributed by atoms with Crippen molar-refractivity contribution in [2.75, 3.05) is 11.9 Å². The van der Waals surface area contributed by atoms with E-state index < -0.39 is 24.2 Å². The van der Waals surface area contributed by atoms with Crippen LogP contribution >= 0.6 is 23.2 Å². The summed E-state index contributed by atoms with van der Waals surface area (Å²) < 4.78 is 12.2. The van der Waals surface area contributed by atoms with E-state index in [1.165, 1.54) is 0 Å². The Kier molecular flexibility index (Phi) is 10.9. The van der Waals surface area contributed by atoms with Crippen LogP contribution in [0.15, 0.2) is 103 Å². The smallest absolute Gasteiger partial charge is 0.326 e. The lowest BCUT2D eigenvalue weighted by Crippen LogP contribution is -2.54. The number of carboxylic acids is 1. The zero-order chi connectivity index (χ0) is 39.6. The molecule has 3 aliphatic rings. The topological polar surface area (TPSA) is 141 Å². The van der Waals surface area contributed by atoms with Gasteiger partial charge in [-0.1, -0.05) is 77.8 Å². The molecule has 0 spiro atoms. The summed E-state index contributed by atoms with van der Waals surface area (Å²) >= 11 is 12.2. The Morgan fingerprint density at radius 1 is 0.912 bits per heavy atom. The van der Waals surface area contributed by atoms with Gasteiger partial charge in [-0.05, 0) is 107 Å². The monoisotopic (exact) mass is 800 g/mol. The van der Waals surface area contributed by atoms with E-state index in [0.717, 1.165) is 52.8 Å². The fourth-order valence-electron chi connectivity index (χ4n) is 7.36. The Morgan fingerprint density at radius 3 is 2.28 bits per heavy atom. The number of amides is 2. The molecule has 12 heteroatoms. The zero-order valence-electron chi connectivity index (χ0n) is 30.7. The average Bonchev–Trinajstić information content (AvgIpc) is 4.04. The van der Waals surface area contributed by atoms with Gasteiger partial charge < -0.3 is 25.2 Å². The van der Waals surface area contributed by atoms with E-state index in [0.29, 0.717) is 63.8 Å². The first-order chi connectivity index (χ1) is 27.6.